The second-order valence-corrected chi connectivity index (χ2v) is 6.17. The Bertz CT molecular complexity index is 758. The summed E-state index contributed by atoms with van der Waals surface area (Å²) in [7, 11) is 0. The fraction of sp³-hybridized carbons (Fsp3) is 0.400. The largest absolute Gasteiger partial charge is 0.482 e. The van der Waals surface area contributed by atoms with Gasteiger partial charge < -0.3 is 24.7 Å². The summed E-state index contributed by atoms with van der Waals surface area (Å²) in [5.41, 5.74) is 0.834. The van der Waals surface area contributed by atoms with Crippen molar-refractivity contribution in [3.8, 4) is 5.75 Å². The van der Waals surface area contributed by atoms with Crippen LogP contribution in [0.5, 0.6) is 5.75 Å². The number of benzene rings is 1. The zero-order valence-electron chi connectivity index (χ0n) is 15.6. The molecule has 144 valence electrons. The van der Waals surface area contributed by atoms with E-state index in [1.54, 1.807) is 11.2 Å². The van der Waals surface area contributed by atoms with E-state index in [0.717, 1.165) is 49.1 Å². The lowest BCUT2D eigenvalue weighted by Gasteiger charge is -2.29. The Kier molecular flexibility index (Phi) is 6.73. The number of nitrogens with one attached hydrogen (secondary N) is 2. The van der Waals surface area contributed by atoms with Crippen LogP contribution in [0.25, 0.3) is 0 Å². The van der Waals surface area contributed by atoms with Crippen LogP contribution in [0.1, 0.15) is 19.1 Å². The Hall–Kier alpha value is -2.96. The Morgan fingerprint density at radius 1 is 1.22 bits per heavy atom. The highest BCUT2D eigenvalue weighted by atomic mass is 16.5. The van der Waals surface area contributed by atoms with E-state index in [1.807, 2.05) is 43.3 Å². The normalized spacial score (nSPS) is 13.9. The summed E-state index contributed by atoms with van der Waals surface area (Å²) in [6.45, 7) is 4.91. The number of amides is 1. The lowest BCUT2D eigenvalue weighted by molar-refractivity contribution is -0.121. The van der Waals surface area contributed by atoms with Crippen LogP contribution in [0.15, 0.2) is 52.1 Å². The molecule has 3 rings (SSSR count). The van der Waals surface area contributed by atoms with E-state index in [9.17, 15) is 4.79 Å². The fourth-order valence-electron chi connectivity index (χ4n) is 2.92. The van der Waals surface area contributed by atoms with Crippen molar-refractivity contribution in [2.75, 3.05) is 37.7 Å². The summed E-state index contributed by atoms with van der Waals surface area (Å²) < 4.78 is 10.8. The summed E-state index contributed by atoms with van der Waals surface area (Å²) >= 11 is 0. The number of carbonyl (C=O) groups excluding carboxylic acids is 1. The van der Waals surface area contributed by atoms with Crippen LogP contribution in [-0.4, -0.2) is 44.7 Å². The first-order valence-electron chi connectivity index (χ1n) is 9.34. The summed E-state index contributed by atoms with van der Waals surface area (Å²) in [4.78, 5) is 18.5. The molecule has 0 saturated carbocycles. The Labute approximate surface area is 159 Å². The first-order chi connectivity index (χ1) is 13.3. The van der Waals surface area contributed by atoms with Gasteiger partial charge >= 0.3 is 0 Å². The second kappa shape index (κ2) is 9.66. The zero-order chi connectivity index (χ0) is 18.9. The molecule has 2 N–H and O–H groups in total. The molecule has 1 aliphatic heterocycles. The minimum absolute atomic E-state index is 0.0128. The predicted octanol–water partition coefficient (Wildman–Crippen LogP) is 2.19. The molecular formula is C20H26N4O3. The summed E-state index contributed by atoms with van der Waals surface area (Å²) in [6, 6.07) is 11.5. The van der Waals surface area contributed by atoms with Gasteiger partial charge in [0.25, 0.3) is 5.91 Å². The highest BCUT2D eigenvalue weighted by molar-refractivity contribution is 5.97. The molecule has 0 aliphatic carbocycles. The smallest absolute Gasteiger partial charge is 0.265 e. The van der Waals surface area contributed by atoms with Crippen molar-refractivity contribution >= 4 is 17.6 Å². The number of furan rings is 1. The van der Waals surface area contributed by atoms with Gasteiger partial charge in [-0.15, -0.1) is 0 Å². The van der Waals surface area contributed by atoms with E-state index < -0.39 is 0 Å². The van der Waals surface area contributed by atoms with Crippen molar-refractivity contribution in [1.82, 2.24) is 10.6 Å². The van der Waals surface area contributed by atoms with Crippen molar-refractivity contribution in [2.45, 2.75) is 19.8 Å². The molecule has 0 bridgehead atoms. The van der Waals surface area contributed by atoms with Crippen molar-refractivity contribution in [1.29, 1.82) is 0 Å². The van der Waals surface area contributed by atoms with Gasteiger partial charge in [0, 0.05) is 32.6 Å². The summed E-state index contributed by atoms with van der Waals surface area (Å²) in [6.07, 6.45) is 3.25. The third kappa shape index (κ3) is 5.26. The number of guanidine groups is 1. The predicted molar refractivity (Wildman–Crippen MR) is 105 cm³/mol. The molecule has 7 heteroatoms. The molecule has 0 saturated heterocycles. The van der Waals surface area contributed by atoms with Crippen LogP contribution in [-0.2, 0) is 11.2 Å². The number of nitrogens with zero attached hydrogens (tertiary/aromatic N) is 2. The number of ether oxygens (including phenoxy) is 1. The van der Waals surface area contributed by atoms with Crippen LogP contribution >= 0.6 is 0 Å². The van der Waals surface area contributed by atoms with Gasteiger partial charge in [-0.3, -0.25) is 9.79 Å². The number of carbonyl (C=O) groups is 1. The molecule has 1 amide bonds. The number of hydrogen-bond donors (Lipinski definition) is 2. The maximum absolute atomic E-state index is 12.2. The standard InChI is InChI=1S/C20H26N4O3/c1-2-21-20(23-12-10-16-7-5-14-26-16)22-11-6-13-24-17-8-3-4-9-18(17)27-15-19(24)25/h3-5,7-9,14H,2,6,10-13,15H2,1H3,(H2,21,22,23). The van der Waals surface area contributed by atoms with Gasteiger partial charge in [-0.05, 0) is 37.6 Å². The van der Waals surface area contributed by atoms with Crippen LogP contribution in [0, 0.1) is 0 Å². The van der Waals surface area contributed by atoms with Crippen LogP contribution in [0.2, 0.25) is 0 Å². The molecular weight excluding hydrogens is 344 g/mol. The van der Waals surface area contributed by atoms with E-state index in [2.05, 4.69) is 15.6 Å². The molecule has 2 aromatic rings. The van der Waals surface area contributed by atoms with Gasteiger partial charge in [0.1, 0.15) is 11.5 Å². The van der Waals surface area contributed by atoms with Crippen LogP contribution in [0.3, 0.4) is 0 Å². The summed E-state index contributed by atoms with van der Waals surface area (Å²) in [5.74, 6) is 2.47. The first kappa shape index (κ1) is 18.8. The van der Waals surface area contributed by atoms with E-state index in [0.29, 0.717) is 13.1 Å². The van der Waals surface area contributed by atoms with Gasteiger partial charge in [-0.2, -0.15) is 0 Å². The number of aliphatic imine (C=N–C) groups is 1. The Morgan fingerprint density at radius 3 is 2.93 bits per heavy atom. The van der Waals surface area contributed by atoms with Crippen molar-refractivity contribution in [3.05, 3.63) is 48.4 Å². The van der Waals surface area contributed by atoms with E-state index in [1.165, 1.54) is 0 Å². The fourth-order valence-corrected chi connectivity index (χ4v) is 2.92. The number of fused-ring (bicyclic) bond motifs is 1. The zero-order valence-corrected chi connectivity index (χ0v) is 15.6. The highest BCUT2D eigenvalue weighted by Crippen LogP contribution is 2.31. The van der Waals surface area contributed by atoms with Crippen molar-refractivity contribution in [3.63, 3.8) is 0 Å². The average molecular weight is 370 g/mol. The molecule has 7 nitrogen and oxygen atoms in total. The third-order valence-corrected chi connectivity index (χ3v) is 4.21. The monoisotopic (exact) mass is 370 g/mol. The molecule has 1 aromatic heterocycles. The molecule has 2 heterocycles. The van der Waals surface area contributed by atoms with Crippen LogP contribution < -0.4 is 20.3 Å². The molecule has 1 aromatic carbocycles. The quantitative estimate of drug-likeness (QED) is 0.423. The van der Waals surface area contributed by atoms with Gasteiger partial charge in [0.2, 0.25) is 0 Å². The molecule has 27 heavy (non-hydrogen) atoms. The van der Waals surface area contributed by atoms with Gasteiger partial charge in [-0.1, -0.05) is 12.1 Å². The first-order valence-corrected chi connectivity index (χ1v) is 9.34. The molecule has 1 aliphatic rings. The lowest BCUT2D eigenvalue weighted by Crippen LogP contribution is -2.40. The average Bonchev–Trinajstić information content (AvgIpc) is 3.20. The minimum Gasteiger partial charge on any atom is -0.482 e. The molecule has 0 atom stereocenters. The lowest BCUT2D eigenvalue weighted by atomic mass is 10.2. The SMILES string of the molecule is CCNC(=NCCCN1C(=O)COc2ccccc21)NCCc1ccco1. The Balaban J connectivity index is 1.48. The minimum atomic E-state index is -0.0128. The van der Waals surface area contributed by atoms with E-state index in [4.69, 9.17) is 9.15 Å². The number of para-hydroxylation sites is 2. The molecule has 0 radical (unpaired) electrons. The van der Waals surface area contributed by atoms with Gasteiger partial charge in [0.05, 0.1) is 12.0 Å². The third-order valence-electron chi connectivity index (χ3n) is 4.21. The topological polar surface area (TPSA) is 79.1 Å². The number of rotatable bonds is 8. The van der Waals surface area contributed by atoms with Crippen LogP contribution in [0.4, 0.5) is 5.69 Å². The van der Waals surface area contributed by atoms with Gasteiger partial charge in [0.15, 0.2) is 12.6 Å². The maximum atomic E-state index is 12.2. The highest BCUT2D eigenvalue weighted by Gasteiger charge is 2.24. The van der Waals surface area contributed by atoms with E-state index in [-0.39, 0.29) is 12.5 Å². The van der Waals surface area contributed by atoms with E-state index >= 15 is 0 Å². The molecule has 0 fully saturated rings. The van der Waals surface area contributed by atoms with Crippen molar-refractivity contribution in [2.24, 2.45) is 4.99 Å². The maximum Gasteiger partial charge on any atom is 0.265 e. The van der Waals surface area contributed by atoms with Gasteiger partial charge in [-0.25, -0.2) is 0 Å². The summed E-state index contributed by atoms with van der Waals surface area (Å²) in [5, 5.41) is 6.53. The Morgan fingerprint density at radius 2 is 2.11 bits per heavy atom. The van der Waals surface area contributed by atoms with Crippen molar-refractivity contribution < 1.29 is 13.9 Å². The second-order valence-electron chi connectivity index (χ2n) is 6.17. The molecule has 0 spiro atoms. The number of hydrogen-bond acceptors (Lipinski definition) is 4. The number of anilines is 1. The molecule has 0 unspecified atom stereocenters.